The van der Waals surface area contributed by atoms with Crippen LogP contribution < -0.4 is 0 Å². The second-order valence-electron chi connectivity index (χ2n) is 17.0. The Bertz CT molecular complexity index is 1480. The average Bonchev–Trinajstić information content (AvgIpc) is 3.26. The third-order valence-electron chi connectivity index (χ3n) is 11.0. The Morgan fingerprint density at radius 3 is 1.64 bits per heavy atom. The van der Waals surface area contributed by atoms with E-state index in [2.05, 4.69) is 42.7 Å². The van der Waals surface area contributed by atoms with Gasteiger partial charge in [0, 0.05) is 12.8 Å². The van der Waals surface area contributed by atoms with Gasteiger partial charge in [-0.1, -0.05) is 165 Å². The maximum Gasteiger partial charge on any atom is 0.472 e. The smallest absolute Gasteiger partial charge is 0.462 e. The lowest BCUT2D eigenvalue weighted by Crippen LogP contribution is -2.64. The molecule has 5 unspecified atom stereocenters. The van der Waals surface area contributed by atoms with Gasteiger partial charge in [-0.05, 0) is 44.9 Å². The van der Waals surface area contributed by atoms with Gasteiger partial charge in [-0.15, -0.1) is 0 Å². The van der Waals surface area contributed by atoms with Gasteiger partial charge in [0.15, 0.2) is 6.10 Å². The normalized spacial score (nSPS) is 22.4. The Hall–Kier alpha value is -2.08. The van der Waals surface area contributed by atoms with Crippen LogP contribution in [0.25, 0.3) is 0 Å². The predicted molar refractivity (Wildman–Crippen MR) is 252 cm³/mol. The van der Waals surface area contributed by atoms with Crippen LogP contribution in [0.3, 0.4) is 0 Å². The summed E-state index contributed by atoms with van der Waals surface area (Å²) in [5.74, 6) is -1.40. The Morgan fingerprint density at radius 1 is 0.561 bits per heavy atom. The van der Waals surface area contributed by atoms with Crippen molar-refractivity contribution in [2.24, 2.45) is 0 Å². The lowest BCUT2D eigenvalue weighted by atomic mass is 9.85. The number of carbonyl (C=O) groups is 2. The molecule has 0 aromatic rings. The van der Waals surface area contributed by atoms with E-state index in [4.69, 9.17) is 18.5 Å². The van der Waals surface area contributed by atoms with Crippen molar-refractivity contribution in [1.82, 2.24) is 0 Å². The summed E-state index contributed by atoms with van der Waals surface area (Å²) in [4.78, 5) is 54.3. The van der Waals surface area contributed by atoms with Crippen LogP contribution in [-0.4, -0.2) is 114 Å². The van der Waals surface area contributed by atoms with E-state index in [0.29, 0.717) is 6.42 Å². The minimum absolute atomic E-state index is 0.0824. The molecule has 9 atom stereocenters. The van der Waals surface area contributed by atoms with E-state index >= 15 is 0 Å². The molecule has 0 aromatic heterocycles. The maximum absolute atomic E-state index is 13.0. The van der Waals surface area contributed by atoms with Crippen LogP contribution in [0.4, 0.5) is 0 Å². The van der Waals surface area contributed by atoms with Crippen molar-refractivity contribution in [1.29, 1.82) is 0 Å². The molecule has 1 fully saturated rings. The fourth-order valence-corrected chi connectivity index (χ4v) is 8.73. The van der Waals surface area contributed by atoms with Gasteiger partial charge in [-0.2, -0.15) is 0 Å². The first-order chi connectivity index (χ1) is 31.5. The van der Waals surface area contributed by atoms with Crippen molar-refractivity contribution < 1.29 is 82.0 Å². The number of phosphoric ester groups is 2. The summed E-state index contributed by atoms with van der Waals surface area (Å²) in [6, 6.07) is 0. The Morgan fingerprint density at radius 2 is 1.06 bits per heavy atom. The van der Waals surface area contributed by atoms with Gasteiger partial charge in [0.1, 0.15) is 43.2 Å². The zero-order valence-electron chi connectivity index (χ0n) is 39.5. The fourth-order valence-electron chi connectivity index (χ4n) is 7.19. The van der Waals surface area contributed by atoms with Crippen LogP contribution in [-0.2, 0) is 41.8 Å². The van der Waals surface area contributed by atoms with Gasteiger partial charge >= 0.3 is 27.6 Å². The summed E-state index contributed by atoms with van der Waals surface area (Å²) in [6.45, 7) is 2.92. The van der Waals surface area contributed by atoms with E-state index in [9.17, 15) is 58.9 Å². The average molecular weight is 983 g/mol. The number of esters is 2. The van der Waals surface area contributed by atoms with Gasteiger partial charge in [0.2, 0.25) is 0 Å². The molecule has 1 saturated carbocycles. The number of rotatable bonds is 40. The molecule has 0 aliphatic heterocycles. The van der Waals surface area contributed by atoms with Crippen LogP contribution in [0.5, 0.6) is 0 Å². The van der Waals surface area contributed by atoms with E-state index in [1.165, 1.54) is 83.5 Å². The molecule has 1 aliphatic carbocycles. The SMILES string of the molecule is CCCCC/C=C\C/C=C\C/C=C\C=C\[C@H](O)CCCC(=O)O[C@H](COC(=O)CCCCCCCCCCCCCCCCC)COP(=O)(O)O[C@H]1C(O)C(O)C(O)[C@@H](OP(=O)(O)O)C1O. The number of phosphoric acid groups is 2. The summed E-state index contributed by atoms with van der Waals surface area (Å²) in [5, 5.41) is 51.6. The quantitative estimate of drug-likeness (QED) is 0.00943. The number of ether oxygens (including phenoxy) is 2. The molecule has 1 rings (SSSR count). The van der Waals surface area contributed by atoms with Gasteiger partial charge in [0.05, 0.1) is 12.7 Å². The number of hydrogen-bond acceptors (Lipinski definition) is 14. The standard InChI is InChI=1S/C47H84O17P2/c1-3-5-7-9-11-13-15-17-18-20-22-24-26-28-30-34-40(49)60-36-39(37-61-66(58,59)64-47-44(53)42(51)43(52)46(45(47)54)63-65(55,56)57)62-41(50)35-31-33-38(48)32-29-27-25-23-21-19-16-14-12-10-8-6-4-2/h12,14,19,21,25,27,29,32,38-39,42-48,51-54H,3-11,13,15-18,20,22-24,26,28,30-31,33-37H2,1-2H3,(H,58,59)(H2,55,56,57)/b14-12-,21-19-,27-25-,32-29+/t38-,39+,42?,43?,44?,45?,46+,47-/m0/s1. The number of hydrogen-bond donors (Lipinski definition) is 8. The minimum Gasteiger partial charge on any atom is -0.462 e. The van der Waals surface area contributed by atoms with Crippen LogP contribution in [0.15, 0.2) is 48.6 Å². The molecule has 384 valence electrons. The van der Waals surface area contributed by atoms with Crippen molar-refractivity contribution in [3.05, 3.63) is 48.6 Å². The summed E-state index contributed by atoms with van der Waals surface area (Å²) in [7, 11) is -10.7. The summed E-state index contributed by atoms with van der Waals surface area (Å²) >= 11 is 0. The first kappa shape index (κ1) is 61.9. The third-order valence-corrected chi connectivity index (χ3v) is 12.5. The van der Waals surface area contributed by atoms with Gasteiger partial charge < -0.3 is 49.7 Å². The summed E-state index contributed by atoms with van der Waals surface area (Å²) < 4.78 is 49.2. The van der Waals surface area contributed by atoms with E-state index < -0.39 is 89.6 Å². The number of aliphatic hydroxyl groups is 5. The number of aliphatic hydroxyl groups excluding tert-OH is 5. The van der Waals surface area contributed by atoms with E-state index in [1.807, 2.05) is 12.2 Å². The van der Waals surface area contributed by atoms with Gasteiger partial charge in [-0.25, -0.2) is 9.13 Å². The van der Waals surface area contributed by atoms with Crippen LogP contribution in [0.2, 0.25) is 0 Å². The van der Waals surface area contributed by atoms with Crippen molar-refractivity contribution in [3.63, 3.8) is 0 Å². The molecule has 0 amide bonds. The molecular weight excluding hydrogens is 898 g/mol. The Balaban J connectivity index is 2.67. The molecule has 8 N–H and O–H groups in total. The zero-order valence-corrected chi connectivity index (χ0v) is 41.3. The molecule has 17 nitrogen and oxygen atoms in total. The van der Waals surface area contributed by atoms with Crippen molar-refractivity contribution in [2.75, 3.05) is 13.2 Å². The lowest BCUT2D eigenvalue weighted by Gasteiger charge is -2.43. The molecule has 0 radical (unpaired) electrons. The fraction of sp³-hybridized carbons (Fsp3) is 0.787. The number of carbonyl (C=O) groups excluding carboxylic acids is 2. The van der Waals surface area contributed by atoms with Crippen LogP contribution in [0.1, 0.15) is 174 Å². The highest BCUT2D eigenvalue weighted by Gasteiger charge is 2.54. The topological polar surface area (TPSA) is 276 Å². The predicted octanol–water partition coefficient (Wildman–Crippen LogP) is 8.26. The molecular formula is C47H84O17P2. The third kappa shape index (κ3) is 31.9. The highest BCUT2D eigenvalue weighted by atomic mass is 31.2. The highest BCUT2D eigenvalue weighted by molar-refractivity contribution is 7.47. The second-order valence-corrected chi connectivity index (χ2v) is 19.6. The molecule has 0 heterocycles. The highest BCUT2D eigenvalue weighted by Crippen LogP contribution is 2.49. The zero-order chi connectivity index (χ0) is 49.1. The molecule has 19 heteroatoms. The molecule has 0 aromatic carbocycles. The molecule has 66 heavy (non-hydrogen) atoms. The first-order valence-corrected chi connectivity index (χ1v) is 27.3. The van der Waals surface area contributed by atoms with Gasteiger partial charge in [-0.3, -0.25) is 23.2 Å². The molecule has 0 bridgehead atoms. The van der Waals surface area contributed by atoms with E-state index in [-0.39, 0.29) is 25.7 Å². The monoisotopic (exact) mass is 983 g/mol. The lowest BCUT2D eigenvalue weighted by molar-refractivity contribution is -0.216. The number of unbranched alkanes of at least 4 members (excludes halogenated alkanes) is 17. The second kappa shape index (κ2) is 37.8. The largest absolute Gasteiger partial charge is 0.472 e. The maximum atomic E-state index is 13.0. The Kier molecular flexibility index (Phi) is 35.4. The van der Waals surface area contributed by atoms with Crippen molar-refractivity contribution in [3.8, 4) is 0 Å². The van der Waals surface area contributed by atoms with Crippen LogP contribution >= 0.6 is 15.6 Å². The summed E-state index contributed by atoms with van der Waals surface area (Å²) in [5.41, 5.74) is 0. The Labute approximate surface area is 393 Å². The van der Waals surface area contributed by atoms with E-state index in [0.717, 1.165) is 44.9 Å². The van der Waals surface area contributed by atoms with Gasteiger partial charge in [0.25, 0.3) is 0 Å². The number of allylic oxidation sites excluding steroid dienone is 7. The van der Waals surface area contributed by atoms with Crippen molar-refractivity contribution >= 4 is 27.6 Å². The first-order valence-electron chi connectivity index (χ1n) is 24.3. The molecule has 1 aliphatic rings. The molecule has 0 saturated heterocycles. The van der Waals surface area contributed by atoms with E-state index in [1.54, 1.807) is 12.2 Å². The molecule has 0 spiro atoms. The van der Waals surface area contributed by atoms with Crippen molar-refractivity contribution in [2.45, 2.75) is 223 Å². The summed E-state index contributed by atoms with van der Waals surface area (Å²) in [6.07, 6.45) is 23.7. The van der Waals surface area contributed by atoms with Crippen LogP contribution in [0, 0.1) is 0 Å². The minimum atomic E-state index is -5.39.